The number of nitrogens with zero attached hydrogens (tertiary/aromatic N) is 1. The number of carbonyl (C=O) groups is 3. The number of esters is 1. The molecule has 2 amide bonds. The zero-order valence-electron chi connectivity index (χ0n) is 22.1. The van der Waals surface area contributed by atoms with Gasteiger partial charge in [0.05, 0.1) is 26.7 Å². The van der Waals surface area contributed by atoms with E-state index in [4.69, 9.17) is 18.9 Å². The third-order valence-electron chi connectivity index (χ3n) is 6.58. The smallest absolute Gasteiger partial charge is 0.408 e. The van der Waals surface area contributed by atoms with Crippen LogP contribution in [0.3, 0.4) is 0 Å². The first-order chi connectivity index (χ1) is 17.1. The monoisotopic (exact) mass is 504 g/mol. The molecule has 0 aromatic heterocycles. The van der Waals surface area contributed by atoms with Crippen molar-refractivity contribution in [2.24, 2.45) is 5.92 Å². The second-order valence-electron chi connectivity index (χ2n) is 10.6. The predicted molar refractivity (Wildman–Crippen MR) is 134 cm³/mol. The lowest BCUT2D eigenvalue weighted by Gasteiger charge is -2.28. The average Bonchev–Trinajstić information content (AvgIpc) is 2.97. The van der Waals surface area contributed by atoms with Crippen molar-refractivity contribution in [2.75, 3.05) is 20.8 Å². The molecule has 9 nitrogen and oxygen atoms in total. The second kappa shape index (κ2) is 12.3. The molecule has 1 N–H and O–H groups in total. The summed E-state index contributed by atoms with van der Waals surface area (Å²) in [7, 11) is 3.13. The van der Waals surface area contributed by atoms with Crippen LogP contribution >= 0.6 is 0 Å². The molecule has 1 aromatic rings. The van der Waals surface area contributed by atoms with E-state index in [0.717, 1.165) is 37.7 Å². The summed E-state index contributed by atoms with van der Waals surface area (Å²) in [4.78, 5) is 40.5. The molecule has 1 saturated carbocycles. The van der Waals surface area contributed by atoms with Crippen molar-refractivity contribution in [3.8, 4) is 11.5 Å². The van der Waals surface area contributed by atoms with Crippen LogP contribution in [0.2, 0.25) is 0 Å². The minimum Gasteiger partial charge on any atom is -0.497 e. The van der Waals surface area contributed by atoms with Crippen LogP contribution in [0.4, 0.5) is 4.79 Å². The highest BCUT2D eigenvalue weighted by Gasteiger charge is 2.36. The number of hydrogen-bond acceptors (Lipinski definition) is 7. The fourth-order valence-corrected chi connectivity index (χ4v) is 4.73. The van der Waals surface area contributed by atoms with Gasteiger partial charge < -0.3 is 29.2 Å². The fraction of sp³-hybridized carbons (Fsp3) is 0.667. The maximum atomic E-state index is 13.6. The van der Waals surface area contributed by atoms with E-state index in [9.17, 15) is 14.4 Å². The largest absolute Gasteiger partial charge is 0.497 e. The van der Waals surface area contributed by atoms with Gasteiger partial charge in [0.15, 0.2) is 0 Å². The summed E-state index contributed by atoms with van der Waals surface area (Å²) in [5.41, 5.74) is 0.0911. The molecule has 2 aliphatic rings. The van der Waals surface area contributed by atoms with E-state index >= 15 is 0 Å². The number of amides is 2. The molecule has 200 valence electrons. The first-order valence-corrected chi connectivity index (χ1v) is 12.8. The highest BCUT2D eigenvalue weighted by molar-refractivity contribution is 5.86. The summed E-state index contributed by atoms with van der Waals surface area (Å²) in [6.07, 6.45) is 4.61. The second-order valence-corrected chi connectivity index (χ2v) is 10.6. The molecule has 1 aliphatic carbocycles. The number of likely N-dealkylation sites (tertiary alicyclic amines) is 1. The normalized spacial score (nSPS) is 21.4. The van der Waals surface area contributed by atoms with Crippen molar-refractivity contribution in [3.63, 3.8) is 0 Å². The van der Waals surface area contributed by atoms with E-state index in [-0.39, 0.29) is 30.9 Å². The molecule has 2 atom stereocenters. The van der Waals surface area contributed by atoms with Crippen LogP contribution in [-0.4, -0.2) is 61.4 Å². The molecule has 1 saturated heterocycles. The molecule has 2 unspecified atom stereocenters. The Bertz CT molecular complexity index is 921. The summed E-state index contributed by atoms with van der Waals surface area (Å²) in [6.45, 7) is 5.77. The lowest BCUT2D eigenvalue weighted by molar-refractivity contribution is -0.157. The van der Waals surface area contributed by atoms with E-state index in [1.54, 1.807) is 52.0 Å². The van der Waals surface area contributed by atoms with Crippen molar-refractivity contribution in [1.82, 2.24) is 10.2 Å². The highest BCUT2D eigenvalue weighted by atomic mass is 16.6. The molecule has 9 heteroatoms. The van der Waals surface area contributed by atoms with Crippen LogP contribution in [0.15, 0.2) is 18.2 Å². The lowest BCUT2D eigenvalue weighted by atomic mass is 9.89. The van der Waals surface area contributed by atoms with Gasteiger partial charge in [-0.2, -0.15) is 0 Å². The third-order valence-corrected chi connectivity index (χ3v) is 6.58. The topological polar surface area (TPSA) is 103 Å². The molecule has 1 aliphatic heterocycles. The van der Waals surface area contributed by atoms with E-state index in [0.29, 0.717) is 24.3 Å². The quantitative estimate of drug-likeness (QED) is 0.555. The number of benzene rings is 1. The van der Waals surface area contributed by atoms with Crippen LogP contribution in [0.5, 0.6) is 11.5 Å². The SMILES string of the molecule is COc1ccc(CN2CC(OC(=O)C3CCCCC3)CCC(NC(=O)OC(C)(C)C)C2=O)c(OC)c1. The fourth-order valence-electron chi connectivity index (χ4n) is 4.73. The zero-order chi connectivity index (χ0) is 26.3. The molecule has 36 heavy (non-hydrogen) atoms. The maximum Gasteiger partial charge on any atom is 0.408 e. The van der Waals surface area contributed by atoms with E-state index in [1.165, 1.54) is 0 Å². The number of methoxy groups -OCH3 is 2. The Balaban J connectivity index is 1.79. The Hall–Kier alpha value is -2.97. The van der Waals surface area contributed by atoms with Crippen molar-refractivity contribution in [2.45, 2.75) is 90.0 Å². The van der Waals surface area contributed by atoms with Gasteiger partial charge in [-0.1, -0.05) is 19.3 Å². The van der Waals surface area contributed by atoms with Gasteiger partial charge in [0.25, 0.3) is 0 Å². The average molecular weight is 505 g/mol. The summed E-state index contributed by atoms with van der Waals surface area (Å²) < 4.78 is 22.1. The van der Waals surface area contributed by atoms with Gasteiger partial charge in [-0.05, 0) is 58.6 Å². The molecule has 3 rings (SSSR count). The third kappa shape index (κ3) is 7.77. The van der Waals surface area contributed by atoms with Crippen LogP contribution in [0.1, 0.15) is 71.3 Å². The zero-order valence-corrected chi connectivity index (χ0v) is 22.1. The number of rotatable bonds is 7. The number of ether oxygens (including phenoxy) is 4. The molecule has 1 aromatic carbocycles. The van der Waals surface area contributed by atoms with Gasteiger partial charge >= 0.3 is 12.1 Å². The Morgan fingerprint density at radius 3 is 2.39 bits per heavy atom. The van der Waals surface area contributed by atoms with E-state index in [1.807, 2.05) is 6.07 Å². The molecule has 1 heterocycles. The van der Waals surface area contributed by atoms with Crippen molar-refractivity contribution < 1.29 is 33.3 Å². The standard InChI is InChI=1S/C27H40N2O7/c1-27(2,3)36-26(32)28-22-14-13-21(35-25(31)18-9-7-6-8-10-18)17-29(24(22)30)16-19-11-12-20(33-4)15-23(19)34-5/h11-12,15,18,21-22H,6-10,13-14,16-17H2,1-5H3,(H,28,32). The van der Waals surface area contributed by atoms with Crippen LogP contribution in [0, 0.1) is 5.92 Å². The van der Waals surface area contributed by atoms with Crippen LogP contribution < -0.4 is 14.8 Å². The summed E-state index contributed by atoms with van der Waals surface area (Å²) in [6, 6.07) is 4.61. The van der Waals surface area contributed by atoms with Gasteiger partial charge in [-0.25, -0.2) is 4.79 Å². The summed E-state index contributed by atoms with van der Waals surface area (Å²) in [5, 5.41) is 2.72. The Kier molecular flexibility index (Phi) is 9.45. The van der Waals surface area contributed by atoms with Gasteiger partial charge in [-0.3, -0.25) is 9.59 Å². The highest BCUT2D eigenvalue weighted by Crippen LogP contribution is 2.29. The molecule has 0 spiro atoms. The lowest BCUT2D eigenvalue weighted by Crippen LogP contribution is -2.48. The van der Waals surface area contributed by atoms with Crippen LogP contribution in [0.25, 0.3) is 0 Å². The Morgan fingerprint density at radius 1 is 1.03 bits per heavy atom. The van der Waals surface area contributed by atoms with Crippen LogP contribution in [-0.2, 0) is 25.6 Å². The number of hydrogen-bond donors (Lipinski definition) is 1. The first kappa shape index (κ1) is 27.6. The van der Waals surface area contributed by atoms with Gasteiger partial charge in [0, 0.05) is 18.2 Å². The summed E-state index contributed by atoms with van der Waals surface area (Å²) in [5.74, 6) is 0.700. The van der Waals surface area contributed by atoms with Gasteiger partial charge in [0.2, 0.25) is 5.91 Å². The molecule has 0 radical (unpaired) electrons. The first-order valence-electron chi connectivity index (χ1n) is 12.8. The van der Waals surface area contributed by atoms with E-state index in [2.05, 4.69) is 5.32 Å². The Labute approximate surface area is 213 Å². The molecule has 0 bridgehead atoms. The van der Waals surface area contributed by atoms with Gasteiger partial charge in [0.1, 0.15) is 29.2 Å². The number of nitrogens with one attached hydrogen (secondary N) is 1. The van der Waals surface area contributed by atoms with Crippen molar-refractivity contribution in [1.29, 1.82) is 0 Å². The van der Waals surface area contributed by atoms with Crippen molar-refractivity contribution in [3.05, 3.63) is 23.8 Å². The number of alkyl carbamates (subject to hydrolysis) is 1. The molecule has 2 fully saturated rings. The molecular weight excluding hydrogens is 464 g/mol. The minimum absolute atomic E-state index is 0.0801. The predicted octanol–water partition coefficient (Wildman–Crippen LogP) is 4.21. The number of carbonyl (C=O) groups excluding carboxylic acids is 3. The van der Waals surface area contributed by atoms with Crippen molar-refractivity contribution >= 4 is 18.0 Å². The molecular formula is C27H40N2O7. The Morgan fingerprint density at radius 2 is 1.75 bits per heavy atom. The summed E-state index contributed by atoms with van der Waals surface area (Å²) >= 11 is 0. The van der Waals surface area contributed by atoms with Gasteiger partial charge in [-0.15, -0.1) is 0 Å². The maximum absolute atomic E-state index is 13.6. The minimum atomic E-state index is -0.789. The van der Waals surface area contributed by atoms with E-state index < -0.39 is 23.8 Å².